The van der Waals surface area contributed by atoms with E-state index in [1.807, 2.05) is 0 Å². The second kappa shape index (κ2) is 5.32. The predicted octanol–water partition coefficient (Wildman–Crippen LogP) is -1.92. The van der Waals surface area contributed by atoms with Crippen LogP contribution in [0.4, 0.5) is 5.82 Å². The summed E-state index contributed by atoms with van der Waals surface area (Å²) in [7, 11) is 0. The number of hydrogen-bond acceptors (Lipinski definition) is 9. The van der Waals surface area contributed by atoms with Crippen molar-refractivity contribution in [1.29, 1.82) is 0 Å². The number of likely N-dealkylation sites (tertiary alicyclic amines) is 1. The van der Waals surface area contributed by atoms with Gasteiger partial charge in [0, 0.05) is 31.7 Å². The van der Waals surface area contributed by atoms with Gasteiger partial charge in [-0.15, -0.1) is 0 Å². The van der Waals surface area contributed by atoms with E-state index in [0.717, 1.165) is 26.1 Å². The zero-order valence-corrected chi connectivity index (χ0v) is 13.6. The number of nitrogens with one attached hydrogen (secondary N) is 1. The van der Waals surface area contributed by atoms with E-state index < -0.39 is 24.5 Å². The standard InChI is InChI=1S/C15H21N7O3/c16-12-9-13(19-6-18-12)22(7-20-9)14-11(24)10(23)8(25-14)3-21-2-1-15(21)4-17-5-15/h6-8,10-11,14,17,23-24H,1-5H2,(H2,16,18,19)/t8-,10-,11-,14-/m1/s1. The molecule has 3 saturated heterocycles. The predicted molar refractivity (Wildman–Crippen MR) is 87.4 cm³/mol. The van der Waals surface area contributed by atoms with Crippen LogP contribution in [-0.4, -0.2) is 84.7 Å². The summed E-state index contributed by atoms with van der Waals surface area (Å²) in [5, 5.41) is 24.3. The molecule has 25 heavy (non-hydrogen) atoms. The molecule has 3 fully saturated rings. The summed E-state index contributed by atoms with van der Waals surface area (Å²) in [4.78, 5) is 14.6. The average molecular weight is 347 g/mol. The van der Waals surface area contributed by atoms with Crippen LogP contribution in [0, 0.1) is 0 Å². The molecule has 0 saturated carbocycles. The highest BCUT2D eigenvalue weighted by Gasteiger charge is 2.52. The highest BCUT2D eigenvalue weighted by molar-refractivity contribution is 5.81. The molecule has 3 aliphatic heterocycles. The van der Waals surface area contributed by atoms with Gasteiger partial charge in [-0.25, -0.2) is 15.0 Å². The van der Waals surface area contributed by atoms with Gasteiger partial charge in [-0.2, -0.15) is 0 Å². The molecule has 10 nitrogen and oxygen atoms in total. The van der Waals surface area contributed by atoms with Gasteiger partial charge in [-0.05, 0) is 6.42 Å². The third kappa shape index (κ3) is 2.12. The summed E-state index contributed by atoms with van der Waals surface area (Å²) >= 11 is 0. The summed E-state index contributed by atoms with van der Waals surface area (Å²) < 4.78 is 7.62. The number of nitrogen functional groups attached to an aromatic ring is 1. The lowest BCUT2D eigenvalue weighted by molar-refractivity contribution is -0.104. The molecule has 1 spiro atoms. The van der Waals surface area contributed by atoms with Crippen LogP contribution in [-0.2, 0) is 4.74 Å². The highest BCUT2D eigenvalue weighted by atomic mass is 16.6. The first-order valence-electron chi connectivity index (χ1n) is 8.49. The van der Waals surface area contributed by atoms with E-state index in [1.54, 1.807) is 4.57 Å². The maximum atomic E-state index is 10.5. The molecule has 0 unspecified atom stereocenters. The van der Waals surface area contributed by atoms with E-state index in [0.29, 0.717) is 17.7 Å². The number of ether oxygens (including phenoxy) is 1. The van der Waals surface area contributed by atoms with Crippen molar-refractivity contribution in [3.63, 3.8) is 0 Å². The number of nitrogens with two attached hydrogens (primary N) is 1. The van der Waals surface area contributed by atoms with E-state index in [1.165, 1.54) is 12.7 Å². The first-order valence-corrected chi connectivity index (χ1v) is 8.49. The number of hydrogen-bond donors (Lipinski definition) is 4. The number of fused-ring (bicyclic) bond motifs is 1. The first-order chi connectivity index (χ1) is 12.1. The Morgan fingerprint density at radius 1 is 1.28 bits per heavy atom. The molecular weight excluding hydrogens is 326 g/mol. The largest absolute Gasteiger partial charge is 0.387 e. The third-order valence-electron chi connectivity index (χ3n) is 5.82. The van der Waals surface area contributed by atoms with Gasteiger partial charge in [-0.3, -0.25) is 9.47 Å². The van der Waals surface area contributed by atoms with Gasteiger partial charge >= 0.3 is 0 Å². The van der Waals surface area contributed by atoms with Crippen LogP contribution in [0.5, 0.6) is 0 Å². The Morgan fingerprint density at radius 2 is 2.12 bits per heavy atom. The number of aliphatic hydroxyl groups excluding tert-OH is 2. The topological polar surface area (TPSA) is 135 Å². The fourth-order valence-corrected chi connectivity index (χ4v) is 4.07. The fourth-order valence-electron chi connectivity index (χ4n) is 4.07. The van der Waals surface area contributed by atoms with Gasteiger partial charge in [-0.1, -0.05) is 0 Å². The fraction of sp³-hybridized carbons (Fsp3) is 0.667. The molecule has 2 aromatic heterocycles. The molecule has 134 valence electrons. The molecule has 5 rings (SSSR count). The molecule has 4 atom stereocenters. The number of anilines is 1. The van der Waals surface area contributed by atoms with Crippen molar-refractivity contribution in [3.8, 4) is 0 Å². The Bertz CT molecular complexity index is 802. The third-order valence-corrected chi connectivity index (χ3v) is 5.82. The number of nitrogens with zero attached hydrogens (tertiary/aromatic N) is 5. The summed E-state index contributed by atoms with van der Waals surface area (Å²) in [5.74, 6) is 0.272. The maximum absolute atomic E-state index is 10.5. The van der Waals surface area contributed by atoms with Crippen molar-refractivity contribution in [2.75, 3.05) is 31.9 Å². The summed E-state index contributed by atoms with van der Waals surface area (Å²) in [6.45, 7) is 3.54. The molecule has 0 aliphatic carbocycles. The van der Waals surface area contributed by atoms with Gasteiger partial charge in [0.25, 0.3) is 0 Å². The molecule has 5 heterocycles. The van der Waals surface area contributed by atoms with E-state index in [9.17, 15) is 10.2 Å². The molecular formula is C15H21N7O3. The van der Waals surface area contributed by atoms with Crippen LogP contribution in [0.25, 0.3) is 11.2 Å². The van der Waals surface area contributed by atoms with Crippen LogP contribution < -0.4 is 11.1 Å². The second-order valence-corrected chi connectivity index (χ2v) is 7.15. The molecule has 3 aliphatic rings. The quantitative estimate of drug-likeness (QED) is 0.501. The molecule has 0 bridgehead atoms. The Balaban J connectivity index is 1.38. The van der Waals surface area contributed by atoms with E-state index >= 15 is 0 Å². The summed E-state index contributed by atoms with van der Waals surface area (Å²) in [5.41, 5.74) is 6.96. The molecule has 0 amide bonds. The van der Waals surface area contributed by atoms with Crippen LogP contribution in [0.15, 0.2) is 12.7 Å². The van der Waals surface area contributed by atoms with E-state index in [4.69, 9.17) is 10.5 Å². The van der Waals surface area contributed by atoms with Crippen molar-refractivity contribution in [1.82, 2.24) is 29.7 Å². The van der Waals surface area contributed by atoms with E-state index in [-0.39, 0.29) is 11.4 Å². The van der Waals surface area contributed by atoms with Crippen molar-refractivity contribution >= 4 is 17.0 Å². The lowest BCUT2D eigenvalue weighted by Crippen LogP contribution is -2.76. The molecule has 10 heteroatoms. The minimum Gasteiger partial charge on any atom is -0.387 e. The number of aromatic nitrogens is 4. The Morgan fingerprint density at radius 3 is 2.80 bits per heavy atom. The van der Waals surface area contributed by atoms with Gasteiger partial charge in [0.15, 0.2) is 17.7 Å². The zero-order valence-electron chi connectivity index (χ0n) is 13.6. The monoisotopic (exact) mass is 347 g/mol. The number of imidazole rings is 1. The zero-order chi connectivity index (χ0) is 17.2. The Kier molecular flexibility index (Phi) is 3.28. The van der Waals surface area contributed by atoms with Crippen LogP contribution in [0.3, 0.4) is 0 Å². The Labute approximate surface area is 143 Å². The van der Waals surface area contributed by atoms with Crippen molar-refractivity contribution in [2.45, 2.75) is 36.5 Å². The van der Waals surface area contributed by atoms with Crippen LogP contribution in [0.1, 0.15) is 12.6 Å². The van der Waals surface area contributed by atoms with Gasteiger partial charge < -0.3 is 26.0 Å². The smallest absolute Gasteiger partial charge is 0.167 e. The van der Waals surface area contributed by atoms with E-state index in [2.05, 4.69) is 25.2 Å². The molecule has 5 N–H and O–H groups in total. The minimum atomic E-state index is -1.06. The number of rotatable bonds is 3. The SMILES string of the molecule is Nc1ncnc2c1ncn2[C@@H]1O[C@H](CN2CCC23CNC3)[C@@H](O)[C@H]1O. The first kappa shape index (κ1) is 15.4. The second-order valence-electron chi connectivity index (χ2n) is 7.15. The lowest BCUT2D eigenvalue weighted by Gasteiger charge is -2.59. The normalized spacial score (nSPS) is 34.3. The maximum Gasteiger partial charge on any atom is 0.167 e. The Hall–Kier alpha value is -1.85. The van der Waals surface area contributed by atoms with Crippen LogP contribution >= 0.6 is 0 Å². The lowest BCUT2D eigenvalue weighted by atomic mass is 9.79. The average Bonchev–Trinajstić information content (AvgIpc) is 3.07. The molecule has 2 aromatic rings. The summed E-state index contributed by atoms with van der Waals surface area (Å²) in [6, 6.07) is 0. The van der Waals surface area contributed by atoms with Gasteiger partial charge in [0.05, 0.1) is 6.33 Å². The number of aliphatic hydroxyl groups is 2. The van der Waals surface area contributed by atoms with Gasteiger partial charge in [0.2, 0.25) is 0 Å². The van der Waals surface area contributed by atoms with Crippen molar-refractivity contribution in [3.05, 3.63) is 12.7 Å². The minimum absolute atomic E-state index is 0.218. The highest BCUT2D eigenvalue weighted by Crippen LogP contribution is 2.38. The molecule has 0 aromatic carbocycles. The summed E-state index contributed by atoms with van der Waals surface area (Å²) in [6.07, 6.45) is 0.781. The van der Waals surface area contributed by atoms with Crippen molar-refractivity contribution in [2.24, 2.45) is 0 Å². The van der Waals surface area contributed by atoms with Crippen LogP contribution in [0.2, 0.25) is 0 Å². The van der Waals surface area contributed by atoms with Crippen molar-refractivity contribution < 1.29 is 14.9 Å². The molecule has 0 radical (unpaired) electrons. The van der Waals surface area contributed by atoms with Gasteiger partial charge in [0.1, 0.15) is 30.2 Å².